The van der Waals surface area contributed by atoms with Crippen molar-refractivity contribution in [3.05, 3.63) is 51.9 Å². The monoisotopic (exact) mass is 231 g/mol. The van der Waals surface area contributed by atoms with Crippen LogP contribution in [-0.4, -0.2) is 16.3 Å². The molecule has 1 aromatic heterocycles. The van der Waals surface area contributed by atoms with Crippen LogP contribution in [0.5, 0.6) is 0 Å². The second-order valence-electron chi connectivity index (χ2n) is 4.31. The fraction of sp³-hybridized carbons (Fsp3) is 0.308. The predicted molar refractivity (Wildman–Crippen MR) is 68.6 cm³/mol. The zero-order chi connectivity index (χ0) is 12.4. The lowest BCUT2D eigenvalue weighted by Crippen LogP contribution is -2.14. The van der Waals surface area contributed by atoms with Crippen molar-refractivity contribution in [3.63, 3.8) is 0 Å². The number of aryl methyl sites for hydroxylation is 1. The molecular formula is C13H17N3O. The molecule has 17 heavy (non-hydrogen) atoms. The third-order valence-electron chi connectivity index (χ3n) is 2.98. The molecule has 2 aromatic rings. The predicted octanol–water partition coefficient (Wildman–Crippen LogP) is 1.54. The first-order chi connectivity index (χ1) is 8.13. The maximum atomic E-state index is 11.9. The van der Waals surface area contributed by atoms with E-state index in [1.807, 2.05) is 38.1 Å². The van der Waals surface area contributed by atoms with Gasteiger partial charge in [0.2, 0.25) is 0 Å². The van der Waals surface area contributed by atoms with E-state index in [1.54, 1.807) is 10.7 Å². The molecule has 0 bridgehead atoms. The van der Waals surface area contributed by atoms with Crippen molar-refractivity contribution in [2.24, 2.45) is 5.73 Å². The Balaban J connectivity index is 2.51. The van der Waals surface area contributed by atoms with E-state index in [-0.39, 0.29) is 11.5 Å². The Kier molecular flexibility index (Phi) is 3.15. The van der Waals surface area contributed by atoms with Gasteiger partial charge in [-0.2, -0.15) is 0 Å². The van der Waals surface area contributed by atoms with Crippen LogP contribution in [0.3, 0.4) is 0 Å². The number of para-hydroxylation sites is 1. The highest BCUT2D eigenvalue weighted by molar-refractivity contribution is 5.39. The first-order valence-electron chi connectivity index (χ1n) is 5.71. The fourth-order valence-corrected chi connectivity index (χ4v) is 1.79. The Morgan fingerprint density at radius 3 is 2.76 bits per heavy atom. The summed E-state index contributed by atoms with van der Waals surface area (Å²) in [7, 11) is 0. The maximum Gasteiger partial charge on any atom is 0.271 e. The van der Waals surface area contributed by atoms with Crippen LogP contribution in [-0.2, 0) is 0 Å². The van der Waals surface area contributed by atoms with Gasteiger partial charge < -0.3 is 5.73 Å². The molecule has 1 aromatic carbocycles. The Morgan fingerprint density at radius 1 is 1.41 bits per heavy atom. The highest BCUT2D eigenvalue weighted by Crippen LogP contribution is 2.13. The standard InChI is InChI=1S/C13H17N3O/c1-9-5-3-4-6-12(9)16-13(17)7-11(15-16)10(2)8-14/h3-7,10,15H,8,14H2,1-2H3. The summed E-state index contributed by atoms with van der Waals surface area (Å²) in [5.41, 5.74) is 8.37. The number of rotatable bonds is 3. The minimum atomic E-state index is -0.0467. The van der Waals surface area contributed by atoms with Crippen LogP contribution < -0.4 is 11.3 Å². The normalized spacial score (nSPS) is 12.6. The number of benzene rings is 1. The van der Waals surface area contributed by atoms with E-state index in [0.717, 1.165) is 16.9 Å². The molecule has 0 aliphatic rings. The summed E-state index contributed by atoms with van der Waals surface area (Å²) in [5, 5.41) is 3.11. The van der Waals surface area contributed by atoms with Gasteiger partial charge in [0.05, 0.1) is 5.69 Å². The van der Waals surface area contributed by atoms with Gasteiger partial charge in [0.25, 0.3) is 5.56 Å². The van der Waals surface area contributed by atoms with Gasteiger partial charge >= 0.3 is 0 Å². The van der Waals surface area contributed by atoms with Crippen LogP contribution in [0.25, 0.3) is 5.69 Å². The highest BCUT2D eigenvalue weighted by atomic mass is 16.1. The highest BCUT2D eigenvalue weighted by Gasteiger charge is 2.10. The molecule has 0 fully saturated rings. The molecule has 4 nitrogen and oxygen atoms in total. The second kappa shape index (κ2) is 4.59. The molecule has 0 radical (unpaired) electrons. The van der Waals surface area contributed by atoms with Crippen LogP contribution in [0, 0.1) is 6.92 Å². The molecule has 1 heterocycles. The van der Waals surface area contributed by atoms with E-state index in [1.165, 1.54) is 0 Å². The lowest BCUT2D eigenvalue weighted by Gasteiger charge is -2.07. The number of aromatic amines is 1. The molecule has 0 spiro atoms. The van der Waals surface area contributed by atoms with Crippen LogP contribution in [0.4, 0.5) is 0 Å². The Bertz CT molecular complexity index is 568. The first kappa shape index (κ1) is 11.7. The van der Waals surface area contributed by atoms with Gasteiger partial charge in [0, 0.05) is 24.2 Å². The van der Waals surface area contributed by atoms with E-state index in [9.17, 15) is 4.79 Å². The van der Waals surface area contributed by atoms with E-state index in [2.05, 4.69) is 5.10 Å². The van der Waals surface area contributed by atoms with Crippen LogP contribution in [0.15, 0.2) is 35.1 Å². The summed E-state index contributed by atoms with van der Waals surface area (Å²) < 4.78 is 1.57. The number of nitrogens with one attached hydrogen (secondary N) is 1. The van der Waals surface area contributed by atoms with Gasteiger partial charge in [-0.25, -0.2) is 4.68 Å². The summed E-state index contributed by atoms with van der Waals surface area (Å²) in [4.78, 5) is 11.9. The van der Waals surface area contributed by atoms with Crippen LogP contribution in [0.2, 0.25) is 0 Å². The molecule has 0 amide bonds. The molecule has 0 saturated carbocycles. The van der Waals surface area contributed by atoms with Gasteiger partial charge in [0.15, 0.2) is 0 Å². The van der Waals surface area contributed by atoms with Gasteiger partial charge in [-0.05, 0) is 18.6 Å². The SMILES string of the molecule is Cc1ccccc1-n1[nH]c(C(C)CN)cc1=O. The summed E-state index contributed by atoms with van der Waals surface area (Å²) in [6.45, 7) is 4.50. The number of nitrogens with two attached hydrogens (primary N) is 1. The van der Waals surface area contributed by atoms with E-state index < -0.39 is 0 Å². The summed E-state index contributed by atoms with van der Waals surface area (Å²) in [6, 6.07) is 9.39. The molecule has 1 atom stereocenters. The van der Waals surface area contributed by atoms with Crippen molar-refractivity contribution in [1.29, 1.82) is 0 Å². The zero-order valence-electron chi connectivity index (χ0n) is 10.1. The molecule has 0 saturated heterocycles. The van der Waals surface area contributed by atoms with Crippen LogP contribution >= 0.6 is 0 Å². The average molecular weight is 231 g/mol. The number of H-pyrrole nitrogens is 1. The molecule has 0 aliphatic carbocycles. The van der Waals surface area contributed by atoms with Gasteiger partial charge in [-0.15, -0.1) is 0 Å². The minimum Gasteiger partial charge on any atom is -0.330 e. The Labute approximate surface area is 100 Å². The fourth-order valence-electron chi connectivity index (χ4n) is 1.79. The van der Waals surface area contributed by atoms with Gasteiger partial charge in [-0.1, -0.05) is 25.1 Å². The van der Waals surface area contributed by atoms with Crippen molar-refractivity contribution in [1.82, 2.24) is 9.78 Å². The van der Waals surface area contributed by atoms with Crippen molar-refractivity contribution < 1.29 is 0 Å². The van der Waals surface area contributed by atoms with Crippen molar-refractivity contribution in [2.75, 3.05) is 6.54 Å². The molecule has 2 rings (SSSR count). The second-order valence-corrected chi connectivity index (χ2v) is 4.31. The maximum absolute atomic E-state index is 11.9. The number of hydrogen-bond donors (Lipinski definition) is 2. The van der Waals surface area contributed by atoms with E-state index in [4.69, 9.17) is 5.73 Å². The van der Waals surface area contributed by atoms with Crippen molar-refractivity contribution >= 4 is 0 Å². The summed E-state index contributed by atoms with van der Waals surface area (Å²) >= 11 is 0. The van der Waals surface area contributed by atoms with Gasteiger partial charge in [-0.3, -0.25) is 9.89 Å². The van der Waals surface area contributed by atoms with Gasteiger partial charge in [0.1, 0.15) is 0 Å². The molecule has 3 N–H and O–H groups in total. The lowest BCUT2D eigenvalue weighted by atomic mass is 10.1. The Hall–Kier alpha value is -1.81. The largest absolute Gasteiger partial charge is 0.330 e. The summed E-state index contributed by atoms with van der Waals surface area (Å²) in [6.07, 6.45) is 0. The first-order valence-corrected chi connectivity index (χ1v) is 5.71. The van der Waals surface area contributed by atoms with Crippen molar-refractivity contribution in [2.45, 2.75) is 19.8 Å². The zero-order valence-corrected chi connectivity index (χ0v) is 10.1. The quantitative estimate of drug-likeness (QED) is 0.841. The topological polar surface area (TPSA) is 63.8 Å². The average Bonchev–Trinajstić information content (AvgIpc) is 2.71. The molecule has 1 unspecified atom stereocenters. The van der Waals surface area contributed by atoms with E-state index >= 15 is 0 Å². The van der Waals surface area contributed by atoms with Crippen LogP contribution in [0.1, 0.15) is 24.1 Å². The third kappa shape index (κ3) is 2.17. The third-order valence-corrected chi connectivity index (χ3v) is 2.98. The molecular weight excluding hydrogens is 214 g/mol. The summed E-state index contributed by atoms with van der Waals surface area (Å²) in [5.74, 6) is 0.160. The number of aromatic nitrogens is 2. The molecule has 90 valence electrons. The Morgan fingerprint density at radius 2 is 2.12 bits per heavy atom. The van der Waals surface area contributed by atoms with E-state index in [0.29, 0.717) is 6.54 Å². The number of nitrogens with zero attached hydrogens (tertiary/aromatic N) is 1. The molecule has 4 heteroatoms. The van der Waals surface area contributed by atoms with Crippen molar-refractivity contribution in [3.8, 4) is 5.69 Å². The smallest absolute Gasteiger partial charge is 0.271 e. The lowest BCUT2D eigenvalue weighted by molar-refractivity contribution is 0.714. The number of hydrogen-bond acceptors (Lipinski definition) is 2. The minimum absolute atomic E-state index is 0.0467. The molecule has 0 aliphatic heterocycles.